The topological polar surface area (TPSA) is 57.6 Å². The zero-order valence-corrected chi connectivity index (χ0v) is 10.3. The summed E-state index contributed by atoms with van der Waals surface area (Å²) in [6.45, 7) is 3.09. The fraction of sp³-hybridized carbons (Fsp3) is 0.846. The molecule has 96 valence electrons. The van der Waals surface area contributed by atoms with E-state index in [-0.39, 0.29) is 5.78 Å². The molecule has 0 bridgehead atoms. The molecular formula is C13H21NO3. The fourth-order valence-corrected chi connectivity index (χ4v) is 2.96. The highest BCUT2D eigenvalue weighted by Crippen LogP contribution is 2.38. The van der Waals surface area contributed by atoms with Gasteiger partial charge < -0.3 is 10.0 Å². The van der Waals surface area contributed by atoms with Crippen molar-refractivity contribution in [3.8, 4) is 0 Å². The first-order valence-electron chi connectivity index (χ1n) is 6.60. The van der Waals surface area contributed by atoms with Crippen molar-refractivity contribution in [3.63, 3.8) is 0 Å². The first-order chi connectivity index (χ1) is 8.12. The first kappa shape index (κ1) is 12.6. The normalized spacial score (nSPS) is 25.1. The highest BCUT2D eigenvalue weighted by molar-refractivity contribution is 5.83. The molecule has 2 fully saturated rings. The molecule has 1 heterocycles. The molecule has 4 heteroatoms. The maximum atomic E-state index is 11.5. The zero-order chi connectivity index (χ0) is 12.3. The van der Waals surface area contributed by atoms with Crippen molar-refractivity contribution >= 4 is 11.8 Å². The molecule has 2 rings (SSSR count). The van der Waals surface area contributed by atoms with Crippen LogP contribution >= 0.6 is 0 Å². The number of nitrogens with zero attached hydrogens (tertiary/aromatic N) is 1. The molecule has 4 nitrogen and oxygen atoms in total. The van der Waals surface area contributed by atoms with Crippen molar-refractivity contribution in [1.82, 2.24) is 4.90 Å². The van der Waals surface area contributed by atoms with Crippen LogP contribution < -0.4 is 0 Å². The number of hydrogen-bond donors (Lipinski definition) is 1. The van der Waals surface area contributed by atoms with Gasteiger partial charge in [0.25, 0.3) is 0 Å². The Morgan fingerprint density at radius 3 is 2.35 bits per heavy atom. The number of carbonyl (C=O) groups excluding carboxylic acids is 1. The maximum Gasteiger partial charge on any atom is 0.309 e. The van der Waals surface area contributed by atoms with Gasteiger partial charge in [-0.05, 0) is 51.7 Å². The molecule has 0 amide bonds. The zero-order valence-electron chi connectivity index (χ0n) is 10.3. The van der Waals surface area contributed by atoms with Crippen molar-refractivity contribution < 1.29 is 14.7 Å². The third-order valence-electron chi connectivity index (χ3n) is 4.32. The van der Waals surface area contributed by atoms with Gasteiger partial charge in [0.1, 0.15) is 5.78 Å². The van der Waals surface area contributed by atoms with Gasteiger partial charge in [-0.3, -0.25) is 9.59 Å². The molecule has 0 atom stereocenters. The summed E-state index contributed by atoms with van der Waals surface area (Å²) in [5.74, 6) is -0.479. The van der Waals surface area contributed by atoms with E-state index in [9.17, 15) is 14.7 Å². The highest BCUT2D eigenvalue weighted by Gasteiger charge is 2.41. The molecule has 17 heavy (non-hydrogen) atoms. The highest BCUT2D eigenvalue weighted by atomic mass is 16.4. The monoisotopic (exact) mass is 239 g/mol. The Morgan fingerprint density at radius 1 is 1.24 bits per heavy atom. The summed E-state index contributed by atoms with van der Waals surface area (Å²) in [6, 6.07) is 0. The van der Waals surface area contributed by atoms with E-state index >= 15 is 0 Å². The van der Waals surface area contributed by atoms with Gasteiger partial charge >= 0.3 is 5.97 Å². The largest absolute Gasteiger partial charge is 0.481 e. The summed E-state index contributed by atoms with van der Waals surface area (Å²) in [5, 5.41) is 9.42. The van der Waals surface area contributed by atoms with Crippen LogP contribution in [0.2, 0.25) is 0 Å². The Bertz CT molecular complexity index is 298. The molecular weight excluding hydrogens is 218 g/mol. The van der Waals surface area contributed by atoms with Gasteiger partial charge in [-0.15, -0.1) is 0 Å². The first-order valence-corrected chi connectivity index (χ1v) is 6.60. The molecule has 2 aliphatic rings. The summed E-state index contributed by atoms with van der Waals surface area (Å²) in [5.41, 5.74) is -0.628. The minimum Gasteiger partial charge on any atom is -0.481 e. The predicted octanol–water partition coefficient (Wildman–Crippen LogP) is 1.69. The summed E-state index contributed by atoms with van der Waals surface area (Å²) < 4.78 is 0. The van der Waals surface area contributed by atoms with Gasteiger partial charge in [0.2, 0.25) is 0 Å². The Morgan fingerprint density at radius 2 is 1.82 bits per heavy atom. The number of likely N-dealkylation sites (tertiary alicyclic amines) is 1. The van der Waals surface area contributed by atoms with Crippen LogP contribution in [0.25, 0.3) is 0 Å². The van der Waals surface area contributed by atoms with E-state index in [1.54, 1.807) is 0 Å². The molecule has 1 saturated carbocycles. The molecule has 0 spiro atoms. The van der Waals surface area contributed by atoms with Gasteiger partial charge in [0.05, 0.1) is 5.41 Å². The van der Waals surface area contributed by atoms with Crippen LogP contribution in [0.1, 0.15) is 44.9 Å². The molecule has 1 aliphatic heterocycles. The van der Waals surface area contributed by atoms with Crippen molar-refractivity contribution in [2.24, 2.45) is 5.41 Å². The smallest absolute Gasteiger partial charge is 0.309 e. The lowest BCUT2D eigenvalue weighted by Gasteiger charge is -2.33. The lowest BCUT2D eigenvalue weighted by Crippen LogP contribution is -2.38. The second-order valence-electron chi connectivity index (χ2n) is 5.42. The van der Waals surface area contributed by atoms with E-state index in [0.29, 0.717) is 32.1 Å². The van der Waals surface area contributed by atoms with Crippen molar-refractivity contribution in [3.05, 3.63) is 0 Å². The lowest BCUT2D eigenvalue weighted by molar-refractivity contribution is -0.152. The minimum absolute atomic E-state index is 0.225. The number of aliphatic carboxylic acids is 1. The van der Waals surface area contributed by atoms with Crippen LogP contribution in [-0.2, 0) is 9.59 Å². The van der Waals surface area contributed by atoms with Gasteiger partial charge in [-0.1, -0.05) is 0 Å². The average molecular weight is 239 g/mol. The molecule has 0 unspecified atom stereocenters. The average Bonchev–Trinajstić information content (AvgIpc) is 2.81. The number of carboxylic acids is 1. The number of carboxylic acid groups (broad SMARTS) is 1. The van der Waals surface area contributed by atoms with Crippen LogP contribution in [0.3, 0.4) is 0 Å². The van der Waals surface area contributed by atoms with E-state index in [4.69, 9.17) is 0 Å². The number of ketones is 1. The molecule has 0 aromatic heterocycles. The third kappa shape index (κ3) is 2.86. The SMILES string of the molecule is O=C1CCC(CCN2CCCC2)(C(=O)O)CC1. The van der Waals surface area contributed by atoms with E-state index in [1.807, 2.05) is 0 Å². The van der Waals surface area contributed by atoms with Crippen LogP contribution in [0.5, 0.6) is 0 Å². The standard InChI is InChI=1S/C13H21NO3/c15-11-3-5-13(6-4-11,12(16)17)7-10-14-8-1-2-9-14/h1-10H2,(H,16,17). The fourth-order valence-electron chi connectivity index (χ4n) is 2.96. The van der Waals surface area contributed by atoms with Gasteiger partial charge in [-0.2, -0.15) is 0 Å². The van der Waals surface area contributed by atoms with Crippen molar-refractivity contribution in [2.75, 3.05) is 19.6 Å². The van der Waals surface area contributed by atoms with Crippen LogP contribution in [-0.4, -0.2) is 41.4 Å². The van der Waals surface area contributed by atoms with E-state index < -0.39 is 11.4 Å². The molecule has 0 aromatic carbocycles. The van der Waals surface area contributed by atoms with Crippen LogP contribution in [0.4, 0.5) is 0 Å². The second kappa shape index (κ2) is 5.17. The van der Waals surface area contributed by atoms with E-state index in [2.05, 4.69) is 4.90 Å². The van der Waals surface area contributed by atoms with Crippen LogP contribution in [0, 0.1) is 5.41 Å². The quantitative estimate of drug-likeness (QED) is 0.811. The second-order valence-corrected chi connectivity index (χ2v) is 5.42. The molecule has 1 aliphatic carbocycles. The molecule has 1 N–H and O–H groups in total. The predicted molar refractivity (Wildman–Crippen MR) is 63.8 cm³/mol. The van der Waals surface area contributed by atoms with Gasteiger partial charge in [0.15, 0.2) is 0 Å². The summed E-state index contributed by atoms with van der Waals surface area (Å²) in [4.78, 5) is 25.0. The Labute approximate surface area is 102 Å². The Balaban J connectivity index is 1.92. The maximum absolute atomic E-state index is 11.5. The summed E-state index contributed by atoms with van der Waals surface area (Å²) in [6.07, 6.45) is 5.15. The van der Waals surface area contributed by atoms with E-state index in [0.717, 1.165) is 19.6 Å². The molecule has 0 radical (unpaired) electrons. The lowest BCUT2D eigenvalue weighted by atomic mass is 9.71. The molecule has 1 saturated heterocycles. The third-order valence-corrected chi connectivity index (χ3v) is 4.32. The van der Waals surface area contributed by atoms with Gasteiger partial charge in [0, 0.05) is 12.8 Å². The van der Waals surface area contributed by atoms with Crippen LogP contribution in [0.15, 0.2) is 0 Å². The number of carbonyl (C=O) groups is 2. The van der Waals surface area contributed by atoms with E-state index in [1.165, 1.54) is 12.8 Å². The Kier molecular flexibility index (Phi) is 3.82. The number of hydrogen-bond acceptors (Lipinski definition) is 3. The minimum atomic E-state index is -0.704. The van der Waals surface area contributed by atoms with Crippen molar-refractivity contribution in [2.45, 2.75) is 44.9 Å². The Hall–Kier alpha value is -0.900. The molecule has 0 aromatic rings. The van der Waals surface area contributed by atoms with Crippen molar-refractivity contribution in [1.29, 1.82) is 0 Å². The summed E-state index contributed by atoms with van der Waals surface area (Å²) in [7, 11) is 0. The number of Topliss-reactive ketones (excluding diaryl/α,β-unsaturated/α-hetero) is 1. The van der Waals surface area contributed by atoms with Gasteiger partial charge in [-0.25, -0.2) is 0 Å². The number of rotatable bonds is 4. The summed E-state index contributed by atoms with van der Waals surface area (Å²) >= 11 is 0.